The molecule has 1 aromatic carbocycles. The van der Waals surface area contributed by atoms with Gasteiger partial charge in [0.05, 0.1) is 6.20 Å². The van der Waals surface area contributed by atoms with Crippen molar-refractivity contribution in [1.82, 2.24) is 15.0 Å². The molecule has 18 heavy (non-hydrogen) atoms. The largest absolute Gasteiger partial charge is 0.320 e. The van der Waals surface area contributed by atoms with Gasteiger partial charge in [0.25, 0.3) is 5.91 Å². The fourth-order valence-electron chi connectivity index (χ4n) is 1.83. The van der Waals surface area contributed by atoms with Gasteiger partial charge in [0.2, 0.25) is 0 Å². The molecule has 1 heterocycles. The van der Waals surface area contributed by atoms with Crippen LogP contribution in [0.15, 0.2) is 24.4 Å². The van der Waals surface area contributed by atoms with Crippen LogP contribution in [0.25, 0.3) is 0 Å². The third kappa shape index (κ3) is 2.40. The van der Waals surface area contributed by atoms with E-state index in [0.29, 0.717) is 5.69 Å². The number of rotatable bonds is 3. The summed E-state index contributed by atoms with van der Waals surface area (Å²) >= 11 is 0. The Morgan fingerprint density at radius 2 is 2.22 bits per heavy atom. The molecule has 94 valence electrons. The first-order valence-corrected chi connectivity index (χ1v) is 5.88. The zero-order valence-electron chi connectivity index (χ0n) is 10.8. The molecule has 0 aliphatic carbocycles. The average Bonchev–Trinajstić information content (AvgIpc) is 2.78. The highest BCUT2D eigenvalue weighted by molar-refractivity contribution is 6.03. The fourth-order valence-corrected chi connectivity index (χ4v) is 1.83. The Morgan fingerprint density at radius 3 is 2.83 bits per heavy atom. The molecule has 0 saturated carbocycles. The fraction of sp³-hybridized carbons (Fsp3) is 0.308. The molecule has 0 fully saturated rings. The Kier molecular flexibility index (Phi) is 3.41. The van der Waals surface area contributed by atoms with Crippen LogP contribution in [0.5, 0.6) is 0 Å². The normalized spacial score (nSPS) is 10.4. The van der Waals surface area contributed by atoms with E-state index in [9.17, 15) is 4.79 Å². The summed E-state index contributed by atoms with van der Waals surface area (Å²) in [5.74, 6) is -0.230. The molecule has 0 saturated heterocycles. The van der Waals surface area contributed by atoms with Crippen molar-refractivity contribution in [3.05, 3.63) is 41.2 Å². The van der Waals surface area contributed by atoms with E-state index >= 15 is 0 Å². The zero-order chi connectivity index (χ0) is 13.1. The topological polar surface area (TPSA) is 59.8 Å². The molecule has 0 spiro atoms. The van der Waals surface area contributed by atoms with Crippen LogP contribution < -0.4 is 5.32 Å². The number of nitrogens with one attached hydrogen (secondary N) is 1. The van der Waals surface area contributed by atoms with Gasteiger partial charge >= 0.3 is 0 Å². The maximum atomic E-state index is 12.0. The quantitative estimate of drug-likeness (QED) is 0.897. The monoisotopic (exact) mass is 244 g/mol. The maximum absolute atomic E-state index is 12.0. The minimum atomic E-state index is -0.230. The lowest BCUT2D eigenvalue weighted by molar-refractivity contribution is 0.102. The number of anilines is 1. The van der Waals surface area contributed by atoms with E-state index in [4.69, 9.17) is 0 Å². The lowest BCUT2D eigenvalue weighted by atomic mass is 10.1. The van der Waals surface area contributed by atoms with Crippen molar-refractivity contribution in [2.24, 2.45) is 7.05 Å². The Hall–Kier alpha value is -2.17. The van der Waals surface area contributed by atoms with Crippen molar-refractivity contribution in [1.29, 1.82) is 0 Å². The van der Waals surface area contributed by atoms with Gasteiger partial charge in [-0.05, 0) is 24.5 Å². The first kappa shape index (κ1) is 12.3. The molecule has 2 aromatic rings. The SMILES string of the molecule is CCc1cccc(C)c1NC(=O)c1cnn(C)n1. The second kappa shape index (κ2) is 5.00. The zero-order valence-corrected chi connectivity index (χ0v) is 10.8. The van der Waals surface area contributed by atoms with E-state index in [0.717, 1.165) is 23.2 Å². The highest BCUT2D eigenvalue weighted by atomic mass is 16.2. The van der Waals surface area contributed by atoms with Crippen LogP contribution in [0.4, 0.5) is 5.69 Å². The number of hydrogen-bond acceptors (Lipinski definition) is 3. The molecular weight excluding hydrogens is 228 g/mol. The van der Waals surface area contributed by atoms with Gasteiger partial charge in [-0.2, -0.15) is 9.90 Å². The molecular formula is C13H16N4O. The minimum absolute atomic E-state index is 0.230. The van der Waals surface area contributed by atoms with Gasteiger partial charge < -0.3 is 5.32 Å². The molecule has 5 nitrogen and oxygen atoms in total. The Labute approximate surface area is 106 Å². The van der Waals surface area contributed by atoms with Crippen LogP contribution in [0.3, 0.4) is 0 Å². The summed E-state index contributed by atoms with van der Waals surface area (Å²) in [5.41, 5.74) is 3.36. The summed E-state index contributed by atoms with van der Waals surface area (Å²) < 4.78 is 0. The Balaban J connectivity index is 2.26. The molecule has 5 heteroatoms. The summed E-state index contributed by atoms with van der Waals surface area (Å²) in [5, 5.41) is 10.8. The van der Waals surface area contributed by atoms with E-state index < -0.39 is 0 Å². The molecule has 1 N–H and O–H groups in total. The van der Waals surface area contributed by atoms with Gasteiger partial charge in [-0.3, -0.25) is 4.79 Å². The van der Waals surface area contributed by atoms with Crippen LogP contribution in [-0.4, -0.2) is 20.9 Å². The molecule has 1 amide bonds. The van der Waals surface area contributed by atoms with E-state index in [2.05, 4.69) is 22.4 Å². The highest BCUT2D eigenvalue weighted by Gasteiger charge is 2.13. The van der Waals surface area contributed by atoms with Crippen molar-refractivity contribution < 1.29 is 4.79 Å². The molecule has 0 aliphatic heterocycles. The van der Waals surface area contributed by atoms with E-state index in [1.54, 1.807) is 7.05 Å². The summed E-state index contributed by atoms with van der Waals surface area (Å²) in [6, 6.07) is 5.98. The summed E-state index contributed by atoms with van der Waals surface area (Å²) in [7, 11) is 1.68. The second-order valence-electron chi connectivity index (χ2n) is 4.14. The number of carbonyl (C=O) groups is 1. The van der Waals surface area contributed by atoms with Crippen LogP contribution in [0.2, 0.25) is 0 Å². The van der Waals surface area contributed by atoms with Crippen molar-refractivity contribution in [2.45, 2.75) is 20.3 Å². The summed E-state index contributed by atoms with van der Waals surface area (Å²) in [4.78, 5) is 13.4. The van der Waals surface area contributed by atoms with Crippen LogP contribution in [0.1, 0.15) is 28.5 Å². The first-order chi connectivity index (χ1) is 8.61. The number of carbonyl (C=O) groups excluding carboxylic acids is 1. The molecule has 0 aliphatic rings. The molecule has 1 aromatic heterocycles. The van der Waals surface area contributed by atoms with Gasteiger partial charge in [0.1, 0.15) is 0 Å². The van der Waals surface area contributed by atoms with Crippen LogP contribution in [-0.2, 0) is 13.5 Å². The molecule has 0 bridgehead atoms. The number of aryl methyl sites for hydroxylation is 3. The van der Waals surface area contributed by atoms with Gasteiger partial charge in [0, 0.05) is 12.7 Å². The Morgan fingerprint density at radius 1 is 1.44 bits per heavy atom. The van der Waals surface area contributed by atoms with Gasteiger partial charge in [-0.15, -0.1) is 5.10 Å². The number of nitrogens with zero attached hydrogens (tertiary/aromatic N) is 3. The van der Waals surface area contributed by atoms with Crippen molar-refractivity contribution in [3.63, 3.8) is 0 Å². The van der Waals surface area contributed by atoms with E-state index in [1.807, 2.05) is 25.1 Å². The Bertz CT molecular complexity index is 574. The molecule has 2 rings (SSSR count). The van der Waals surface area contributed by atoms with Gasteiger partial charge in [-0.1, -0.05) is 25.1 Å². The molecule has 0 unspecified atom stereocenters. The number of benzene rings is 1. The first-order valence-electron chi connectivity index (χ1n) is 5.88. The second-order valence-corrected chi connectivity index (χ2v) is 4.14. The third-order valence-electron chi connectivity index (χ3n) is 2.81. The predicted octanol–water partition coefficient (Wildman–Crippen LogP) is 1.94. The minimum Gasteiger partial charge on any atom is -0.320 e. The van der Waals surface area contributed by atoms with Crippen LogP contribution >= 0.6 is 0 Å². The smallest absolute Gasteiger partial charge is 0.277 e. The lowest BCUT2D eigenvalue weighted by Crippen LogP contribution is -2.15. The predicted molar refractivity (Wildman–Crippen MR) is 69.5 cm³/mol. The number of para-hydroxylation sites is 1. The number of aromatic nitrogens is 3. The van der Waals surface area contributed by atoms with Gasteiger partial charge in [0.15, 0.2) is 5.69 Å². The number of amides is 1. The molecule has 0 atom stereocenters. The van der Waals surface area contributed by atoms with Crippen molar-refractivity contribution in [2.75, 3.05) is 5.32 Å². The third-order valence-corrected chi connectivity index (χ3v) is 2.81. The maximum Gasteiger partial charge on any atom is 0.277 e. The van der Waals surface area contributed by atoms with E-state index in [-0.39, 0.29) is 5.91 Å². The highest BCUT2D eigenvalue weighted by Crippen LogP contribution is 2.21. The lowest BCUT2D eigenvalue weighted by Gasteiger charge is -2.11. The van der Waals surface area contributed by atoms with Gasteiger partial charge in [-0.25, -0.2) is 0 Å². The summed E-state index contributed by atoms with van der Waals surface area (Å²) in [6.07, 6.45) is 2.33. The van der Waals surface area contributed by atoms with Crippen molar-refractivity contribution >= 4 is 11.6 Å². The summed E-state index contributed by atoms with van der Waals surface area (Å²) in [6.45, 7) is 4.04. The van der Waals surface area contributed by atoms with Crippen LogP contribution in [0, 0.1) is 6.92 Å². The van der Waals surface area contributed by atoms with Crippen molar-refractivity contribution in [3.8, 4) is 0 Å². The number of hydrogen-bond donors (Lipinski definition) is 1. The molecule has 0 radical (unpaired) electrons. The van der Waals surface area contributed by atoms with E-state index in [1.165, 1.54) is 11.0 Å². The standard InChI is InChI=1S/C13H16N4O/c1-4-10-7-5-6-9(2)12(10)15-13(18)11-8-14-17(3)16-11/h5-8H,4H2,1-3H3,(H,15,18). The average molecular weight is 244 g/mol.